The van der Waals surface area contributed by atoms with E-state index in [1.54, 1.807) is 0 Å². The lowest BCUT2D eigenvalue weighted by Gasteiger charge is -2.17. The molecule has 3 rings (SSSR count). The molecule has 0 aliphatic heterocycles. The third kappa shape index (κ3) is 4.84. The number of halogens is 3. The minimum atomic E-state index is -4.87. The van der Waals surface area contributed by atoms with Crippen LogP contribution in [0, 0.1) is 12.8 Å². The number of alkyl halides is 3. The average molecular weight is 412 g/mol. The van der Waals surface area contributed by atoms with Crippen LogP contribution in [0.15, 0.2) is 29.3 Å². The monoisotopic (exact) mass is 412 g/mol. The minimum Gasteiger partial charge on any atom is -0.405 e. The lowest BCUT2D eigenvalue weighted by atomic mass is 9.93. The minimum absolute atomic E-state index is 0.117. The van der Waals surface area contributed by atoms with Crippen LogP contribution in [-0.4, -0.2) is 16.8 Å². The van der Waals surface area contributed by atoms with Gasteiger partial charge in [-0.3, -0.25) is 4.79 Å². The number of thiazole rings is 1. The molecule has 0 radical (unpaired) electrons. The second-order valence-electron chi connectivity index (χ2n) is 8.06. The number of hydrogen-bond acceptors (Lipinski definition) is 3. The molecule has 2 aromatic rings. The van der Waals surface area contributed by atoms with E-state index < -0.39 is 18.0 Å². The molecule has 0 unspecified atom stereocenters. The number of aromatic nitrogens is 1. The topological polar surface area (TPSA) is 43.6 Å². The van der Waals surface area contributed by atoms with E-state index in [0.29, 0.717) is 10.7 Å². The summed E-state index contributed by atoms with van der Waals surface area (Å²) >= 11 is 1.42. The third-order valence-corrected chi connectivity index (χ3v) is 6.12. The van der Waals surface area contributed by atoms with Gasteiger partial charge in [0.25, 0.3) is 5.91 Å². The molecular weight excluding hydrogens is 389 g/mol. The van der Waals surface area contributed by atoms with Crippen molar-refractivity contribution in [3.05, 3.63) is 45.2 Å². The molecule has 1 saturated carbocycles. The summed E-state index contributed by atoms with van der Waals surface area (Å²) in [6, 6.07) is 5.29. The molecule has 1 aromatic carbocycles. The van der Waals surface area contributed by atoms with E-state index >= 15 is 0 Å². The van der Waals surface area contributed by atoms with Crippen molar-refractivity contribution in [1.82, 2.24) is 4.57 Å². The van der Waals surface area contributed by atoms with Gasteiger partial charge in [0, 0.05) is 17.1 Å². The second kappa shape index (κ2) is 7.39. The maximum absolute atomic E-state index is 12.7. The molecule has 8 heteroatoms. The predicted octanol–water partition coefficient (Wildman–Crippen LogP) is 5.21. The summed E-state index contributed by atoms with van der Waals surface area (Å²) < 4.78 is 44.0. The highest BCUT2D eigenvalue weighted by molar-refractivity contribution is 7.09. The molecule has 152 valence electrons. The molecule has 0 N–H and O–H groups in total. The van der Waals surface area contributed by atoms with Gasteiger partial charge in [-0.15, -0.1) is 24.5 Å². The van der Waals surface area contributed by atoms with Crippen molar-refractivity contribution in [3.63, 3.8) is 0 Å². The molecule has 1 aliphatic rings. The largest absolute Gasteiger partial charge is 0.573 e. The van der Waals surface area contributed by atoms with Gasteiger partial charge in [-0.1, -0.05) is 32.9 Å². The van der Waals surface area contributed by atoms with Crippen LogP contribution in [-0.2, 0) is 12.0 Å². The molecular formula is C20H23F3N2O2S. The first-order valence-electron chi connectivity index (χ1n) is 9.10. The molecule has 28 heavy (non-hydrogen) atoms. The van der Waals surface area contributed by atoms with Crippen molar-refractivity contribution >= 4 is 17.2 Å². The number of ether oxygens (including phenoxy) is 1. The van der Waals surface area contributed by atoms with Gasteiger partial charge in [0.05, 0.1) is 5.56 Å². The maximum atomic E-state index is 12.7. The van der Waals surface area contributed by atoms with Crippen LogP contribution in [0.1, 0.15) is 54.5 Å². The molecule has 0 bridgehead atoms. The van der Waals surface area contributed by atoms with Crippen LogP contribution in [0.25, 0.3) is 0 Å². The summed E-state index contributed by atoms with van der Waals surface area (Å²) in [5.74, 6) is -0.719. The first-order valence-corrected chi connectivity index (χ1v) is 9.92. The Bertz CT molecular complexity index is 948. The van der Waals surface area contributed by atoms with E-state index in [1.165, 1.54) is 29.5 Å². The lowest BCUT2D eigenvalue weighted by Crippen LogP contribution is -2.21. The normalized spacial score (nSPS) is 15.8. The SMILES string of the molecule is Cc1c(C(C)(C)C)s/c(=N\C(=O)c2ccccc2OC(F)(F)F)n1CC1CC1. The van der Waals surface area contributed by atoms with Crippen LogP contribution >= 0.6 is 11.3 Å². The van der Waals surface area contributed by atoms with Gasteiger partial charge in [-0.25, -0.2) is 0 Å². The number of para-hydroxylation sites is 1. The summed E-state index contributed by atoms with van der Waals surface area (Å²) in [4.78, 5) is 18.5. The summed E-state index contributed by atoms with van der Waals surface area (Å²) in [5, 5.41) is 0. The Morgan fingerprint density at radius 1 is 1.25 bits per heavy atom. The number of carbonyl (C=O) groups excluding carboxylic acids is 1. The molecule has 0 atom stereocenters. The van der Waals surface area contributed by atoms with E-state index in [9.17, 15) is 18.0 Å². The fourth-order valence-corrected chi connectivity index (χ4v) is 4.24. The number of hydrogen-bond donors (Lipinski definition) is 0. The van der Waals surface area contributed by atoms with Crippen LogP contribution < -0.4 is 9.54 Å². The van der Waals surface area contributed by atoms with E-state index in [1.807, 2.05) is 11.5 Å². The summed E-state index contributed by atoms with van der Waals surface area (Å²) in [6.45, 7) is 9.04. The number of rotatable bonds is 4. The molecule has 1 aromatic heterocycles. The second-order valence-corrected chi connectivity index (χ2v) is 9.04. The number of carbonyl (C=O) groups is 1. The van der Waals surface area contributed by atoms with Crippen molar-refractivity contribution in [2.75, 3.05) is 0 Å². The van der Waals surface area contributed by atoms with Crippen LogP contribution in [0.5, 0.6) is 5.75 Å². The zero-order chi connectivity index (χ0) is 20.7. The zero-order valence-electron chi connectivity index (χ0n) is 16.3. The number of nitrogens with zero attached hydrogens (tertiary/aromatic N) is 2. The Balaban J connectivity index is 2.05. The first kappa shape index (κ1) is 20.6. The summed E-state index contributed by atoms with van der Waals surface area (Å²) in [6.07, 6.45) is -2.59. The van der Waals surface area contributed by atoms with Gasteiger partial charge >= 0.3 is 6.36 Å². The highest BCUT2D eigenvalue weighted by atomic mass is 32.1. The van der Waals surface area contributed by atoms with Crippen molar-refractivity contribution in [2.45, 2.75) is 58.9 Å². The molecule has 0 saturated heterocycles. The van der Waals surface area contributed by atoms with Crippen molar-refractivity contribution in [1.29, 1.82) is 0 Å². The fraction of sp³-hybridized carbons (Fsp3) is 0.500. The highest BCUT2D eigenvalue weighted by Crippen LogP contribution is 2.34. The van der Waals surface area contributed by atoms with Gasteiger partial charge in [0.1, 0.15) is 5.75 Å². The predicted molar refractivity (Wildman–Crippen MR) is 101 cm³/mol. The Labute approximate surface area is 165 Å². The molecule has 1 amide bonds. The van der Waals surface area contributed by atoms with Crippen molar-refractivity contribution in [3.8, 4) is 5.75 Å². The number of benzene rings is 1. The third-order valence-electron chi connectivity index (χ3n) is 4.52. The van der Waals surface area contributed by atoms with Gasteiger partial charge in [-0.2, -0.15) is 4.99 Å². The average Bonchev–Trinajstić information content (AvgIpc) is 3.32. The molecule has 1 aliphatic carbocycles. The Kier molecular flexibility index (Phi) is 5.44. The smallest absolute Gasteiger partial charge is 0.405 e. The molecule has 1 heterocycles. The Morgan fingerprint density at radius 2 is 1.89 bits per heavy atom. The summed E-state index contributed by atoms with van der Waals surface area (Å²) in [5.41, 5.74) is 0.727. The Morgan fingerprint density at radius 3 is 2.46 bits per heavy atom. The van der Waals surface area contributed by atoms with Gasteiger partial charge in [-0.05, 0) is 43.2 Å². The van der Waals surface area contributed by atoms with E-state index in [-0.39, 0.29) is 11.0 Å². The van der Waals surface area contributed by atoms with Gasteiger partial charge < -0.3 is 9.30 Å². The lowest BCUT2D eigenvalue weighted by molar-refractivity contribution is -0.274. The van der Waals surface area contributed by atoms with Crippen molar-refractivity contribution < 1.29 is 22.7 Å². The first-order chi connectivity index (χ1) is 13.0. The highest BCUT2D eigenvalue weighted by Gasteiger charge is 2.33. The van der Waals surface area contributed by atoms with E-state index in [4.69, 9.17) is 0 Å². The quantitative estimate of drug-likeness (QED) is 0.692. The van der Waals surface area contributed by atoms with E-state index in [0.717, 1.165) is 36.0 Å². The molecule has 0 spiro atoms. The zero-order valence-corrected chi connectivity index (χ0v) is 17.1. The van der Waals surface area contributed by atoms with Crippen LogP contribution in [0.3, 0.4) is 0 Å². The number of amides is 1. The molecule has 4 nitrogen and oxygen atoms in total. The Hall–Kier alpha value is -2.09. The van der Waals surface area contributed by atoms with Gasteiger partial charge in [0.2, 0.25) is 0 Å². The van der Waals surface area contributed by atoms with E-state index in [2.05, 4.69) is 30.5 Å². The summed E-state index contributed by atoms with van der Waals surface area (Å²) in [7, 11) is 0. The standard InChI is InChI=1S/C20H23F3N2O2S/c1-12-16(19(2,3)4)28-18(25(12)11-13-9-10-13)24-17(26)14-7-5-6-8-15(14)27-20(21,22)23/h5-8,13H,9-11H2,1-4H3/b24-18-. The molecule has 1 fully saturated rings. The van der Waals surface area contributed by atoms with Crippen LogP contribution in [0.2, 0.25) is 0 Å². The van der Waals surface area contributed by atoms with Crippen molar-refractivity contribution in [2.24, 2.45) is 10.9 Å². The van der Waals surface area contributed by atoms with Gasteiger partial charge in [0.15, 0.2) is 4.80 Å². The maximum Gasteiger partial charge on any atom is 0.573 e. The van der Waals surface area contributed by atoms with Crippen LogP contribution in [0.4, 0.5) is 13.2 Å². The fourth-order valence-electron chi connectivity index (χ4n) is 3.04.